The number of carbonyl (C=O) groups excluding carboxylic acids is 1. The van der Waals surface area contributed by atoms with Gasteiger partial charge in [-0.05, 0) is 61.4 Å². The molecule has 1 saturated heterocycles. The third-order valence-corrected chi connectivity index (χ3v) is 9.54. The Balaban J connectivity index is 0.000000171. The minimum atomic E-state index is -1.04. The fraction of sp³-hybridized carbons (Fsp3) is 0.333. The van der Waals surface area contributed by atoms with Gasteiger partial charge in [0.15, 0.2) is 0 Å². The fourth-order valence-corrected chi connectivity index (χ4v) is 6.78. The van der Waals surface area contributed by atoms with Crippen molar-refractivity contribution in [2.75, 3.05) is 23.3 Å². The van der Waals surface area contributed by atoms with E-state index < -0.39 is 23.0 Å². The van der Waals surface area contributed by atoms with E-state index in [1.54, 1.807) is 0 Å². The first kappa shape index (κ1) is 34.5. The second-order valence-electron chi connectivity index (χ2n) is 12.5. The number of halogens is 5. The first-order chi connectivity index (χ1) is 23.7. The average Bonchev–Trinajstić information content (AvgIpc) is 3.78. The molecule has 0 bridgehead atoms. The first-order valence-corrected chi connectivity index (χ1v) is 17.1. The maximum atomic E-state index is 14.5. The number of nitrogens with one attached hydrogen (secondary N) is 1. The van der Waals surface area contributed by atoms with Crippen molar-refractivity contribution in [2.45, 2.75) is 58.0 Å². The highest BCUT2D eigenvalue weighted by Gasteiger charge is 2.29. The Morgan fingerprint density at radius 3 is 2.22 bits per heavy atom. The van der Waals surface area contributed by atoms with Crippen LogP contribution in [0.3, 0.4) is 0 Å². The molecule has 1 N–H and O–H groups in total. The van der Waals surface area contributed by atoms with Gasteiger partial charge in [-0.15, -0.1) is 0 Å². The van der Waals surface area contributed by atoms with Crippen LogP contribution in [-0.2, 0) is 6.54 Å². The predicted octanol–water partition coefficient (Wildman–Crippen LogP) is 9.41. The molecule has 256 valence electrons. The number of urea groups is 1. The molecule has 8 nitrogen and oxygen atoms in total. The van der Waals surface area contributed by atoms with E-state index in [0.717, 1.165) is 42.0 Å². The summed E-state index contributed by atoms with van der Waals surface area (Å²) in [7, 11) is 0. The third kappa shape index (κ3) is 8.11. The largest absolute Gasteiger partial charge is 0.356 e. The maximum Gasteiger partial charge on any atom is 0.322 e. The lowest BCUT2D eigenvalue weighted by molar-refractivity contribution is 0.184. The van der Waals surface area contributed by atoms with Crippen LogP contribution in [0, 0.1) is 23.4 Å². The van der Waals surface area contributed by atoms with Crippen LogP contribution in [0.25, 0.3) is 16.9 Å². The molecule has 1 aliphatic heterocycles. The second-order valence-corrected chi connectivity index (χ2v) is 13.3. The molecule has 1 saturated carbocycles. The van der Waals surface area contributed by atoms with E-state index in [4.69, 9.17) is 23.2 Å². The Kier molecular flexibility index (Phi) is 10.9. The van der Waals surface area contributed by atoms with Crippen LogP contribution < -0.4 is 10.2 Å². The molecule has 13 heteroatoms. The number of benzene rings is 3. The Bertz CT molecular complexity index is 1870. The number of anilines is 2. The highest BCUT2D eigenvalue weighted by molar-refractivity contribution is 6.33. The average molecular weight is 711 g/mol. The summed E-state index contributed by atoms with van der Waals surface area (Å²) in [5, 5.41) is 7.76. The molecule has 0 atom stereocenters. The highest BCUT2D eigenvalue weighted by atomic mass is 35.5. The van der Waals surface area contributed by atoms with Gasteiger partial charge in [0.1, 0.15) is 34.7 Å². The van der Waals surface area contributed by atoms with Crippen LogP contribution in [0.5, 0.6) is 0 Å². The van der Waals surface area contributed by atoms with Crippen LogP contribution in [0.4, 0.5) is 29.5 Å². The van der Waals surface area contributed by atoms with Gasteiger partial charge in [0.25, 0.3) is 5.78 Å². The van der Waals surface area contributed by atoms with Gasteiger partial charge in [0.2, 0.25) is 0 Å². The molecule has 2 fully saturated rings. The van der Waals surface area contributed by atoms with Crippen molar-refractivity contribution < 1.29 is 18.0 Å². The predicted molar refractivity (Wildman–Crippen MR) is 186 cm³/mol. The second kappa shape index (κ2) is 15.5. The van der Waals surface area contributed by atoms with E-state index in [2.05, 4.69) is 27.3 Å². The summed E-state index contributed by atoms with van der Waals surface area (Å²) >= 11 is 12.2. The lowest BCUT2D eigenvalue weighted by Gasteiger charge is -2.33. The van der Waals surface area contributed by atoms with E-state index in [1.165, 1.54) is 23.7 Å². The number of aromatic nitrogens is 4. The number of rotatable bonds is 6. The number of amides is 2. The molecule has 3 aromatic carbocycles. The number of nitrogens with zero attached hydrogens (tertiary/aromatic N) is 6. The highest BCUT2D eigenvalue weighted by Crippen LogP contribution is 2.40. The Morgan fingerprint density at radius 2 is 1.57 bits per heavy atom. The fourth-order valence-electron chi connectivity index (χ4n) is 6.40. The number of hydrogen-bond donors (Lipinski definition) is 1. The monoisotopic (exact) mass is 709 g/mol. The minimum Gasteiger partial charge on any atom is -0.356 e. The van der Waals surface area contributed by atoms with Crippen molar-refractivity contribution >= 4 is 46.5 Å². The van der Waals surface area contributed by atoms with Crippen molar-refractivity contribution in [3.05, 3.63) is 106 Å². The third-order valence-electron chi connectivity index (χ3n) is 9.02. The number of para-hydroxylation sites is 1. The van der Waals surface area contributed by atoms with Crippen LogP contribution in [-0.4, -0.2) is 49.6 Å². The quantitative estimate of drug-likeness (QED) is 0.178. The van der Waals surface area contributed by atoms with Gasteiger partial charge >= 0.3 is 6.03 Å². The van der Waals surface area contributed by atoms with Gasteiger partial charge < -0.3 is 15.1 Å². The summed E-state index contributed by atoms with van der Waals surface area (Å²) in [5.41, 5.74) is 1.56. The van der Waals surface area contributed by atoms with E-state index >= 15 is 0 Å². The van der Waals surface area contributed by atoms with E-state index in [-0.39, 0.29) is 22.5 Å². The summed E-state index contributed by atoms with van der Waals surface area (Å²) in [5.74, 6) is -1.89. The molecule has 0 unspecified atom stereocenters. The van der Waals surface area contributed by atoms with Gasteiger partial charge in [-0.25, -0.2) is 18.0 Å². The molecule has 2 aromatic heterocycles. The van der Waals surface area contributed by atoms with Gasteiger partial charge in [0.05, 0.1) is 11.1 Å². The normalized spacial score (nSPS) is 15.3. The zero-order valence-corrected chi connectivity index (χ0v) is 28.4. The molecular weight excluding hydrogens is 674 g/mol. The lowest BCUT2D eigenvalue weighted by Crippen LogP contribution is -2.41. The molecule has 49 heavy (non-hydrogen) atoms. The number of piperidine rings is 1. The molecular formula is C36H36Cl2F3N7O. The maximum absolute atomic E-state index is 14.5. The SMILES string of the molecule is CC1CCN(c2c(-c3c(F)cc(F)cc3F)c(Cl)nc3ncnn23)CC1.O=C(Nc1ccccc1)N(Cc1ccc(Cl)cc1)C1CCCC1. The summed E-state index contributed by atoms with van der Waals surface area (Å²) in [4.78, 5) is 24.8. The van der Waals surface area contributed by atoms with E-state index in [1.807, 2.05) is 64.4 Å². The Labute approximate surface area is 292 Å². The smallest absolute Gasteiger partial charge is 0.322 e. The van der Waals surface area contributed by atoms with Crippen molar-refractivity contribution in [1.29, 1.82) is 0 Å². The summed E-state index contributed by atoms with van der Waals surface area (Å²) in [6.45, 7) is 4.12. The molecule has 5 aromatic rings. The number of carbonyl (C=O) groups is 1. The summed E-state index contributed by atoms with van der Waals surface area (Å²) in [6.07, 6.45) is 7.69. The van der Waals surface area contributed by atoms with Gasteiger partial charge in [-0.3, -0.25) is 0 Å². The van der Waals surface area contributed by atoms with Crippen molar-refractivity contribution in [3.8, 4) is 11.1 Å². The van der Waals surface area contributed by atoms with Crippen molar-refractivity contribution in [2.24, 2.45) is 5.92 Å². The molecule has 3 heterocycles. The zero-order chi connectivity index (χ0) is 34.5. The first-order valence-electron chi connectivity index (χ1n) is 16.3. The van der Waals surface area contributed by atoms with E-state index in [0.29, 0.717) is 49.5 Å². The van der Waals surface area contributed by atoms with Crippen molar-refractivity contribution in [3.63, 3.8) is 0 Å². The summed E-state index contributed by atoms with van der Waals surface area (Å²) < 4.78 is 43.7. The standard InChI is InChI=1S/C19H21ClN2O.C17H15ClF3N5/c20-16-12-10-15(11-13-16)14-22(18-8-4-5-9-18)19(23)21-17-6-2-1-3-7-17;1-9-2-4-25(5-3-9)16-14(13-11(20)6-10(19)7-12(13)21)15(18)24-17-22-8-23-26(16)17/h1-3,6-7,10-13,18H,4-5,8-9,14H2,(H,21,23);6-9H,2-5H2,1H3. The molecule has 7 rings (SSSR count). The van der Waals surface area contributed by atoms with E-state index in [9.17, 15) is 18.0 Å². The van der Waals surface area contributed by atoms with Crippen molar-refractivity contribution in [1.82, 2.24) is 24.5 Å². The number of hydrogen-bond acceptors (Lipinski definition) is 5. The zero-order valence-electron chi connectivity index (χ0n) is 26.9. The lowest BCUT2D eigenvalue weighted by atomic mass is 9.98. The Hall–Kier alpha value is -4.35. The van der Waals surface area contributed by atoms with Crippen LogP contribution in [0.15, 0.2) is 73.1 Å². The topological polar surface area (TPSA) is 78.7 Å². The molecule has 0 spiro atoms. The molecule has 0 radical (unpaired) electrons. The van der Waals surface area contributed by atoms with Gasteiger partial charge in [-0.2, -0.15) is 19.6 Å². The van der Waals surface area contributed by atoms with Crippen LogP contribution >= 0.6 is 23.2 Å². The minimum absolute atomic E-state index is 0.0296. The van der Waals surface area contributed by atoms with Crippen LogP contribution in [0.1, 0.15) is 51.0 Å². The number of fused-ring (bicyclic) bond motifs is 1. The van der Waals surface area contributed by atoms with Crippen LogP contribution in [0.2, 0.25) is 10.2 Å². The molecule has 2 aliphatic rings. The molecule has 2 amide bonds. The Morgan fingerprint density at radius 1 is 0.918 bits per heavy atom. The summed E-state index contributed by atoms with van der Waals surface area (Å²) in [6, 6.07) is 18.9. The van der Waals surface area contributed by atoms with Gasteiger partial charge in [0, 0.05) is 48.5 Å². The molecule has 1 aliphatic carbocycles. The van der Waals surface area contributed by atoms with Gasteiger partial charge in [-0.1, -0.05) is 73.3 Å².